The smallest absolute Gasteiger partial charge is 0.342 e. The van der Waals surface area contributed by atoms with Gasteiger partial charge in [-0.05, 0) is 54.7 Å². The molecular formula is C15H12Cl2O3S. The molecule has 0 fully saturated rings. The number of fused-ring (bicyclic) bond motifs is 1. The lowest BCUT2D eigenvalue weighted by Gasteiger charge is -2.11. The van der Waals surface area contributed by atoms with Crippen molar-refractivity contribution in [1.82, 2.24) is 0 Å². The minimum Gasteiger partial charge on any atom is -0.379 e. The van der Waals surface area contributed by atoms with Crippen LogP contribution < -0.4 is 4.18 Å². The van der Waals surface area contributed by atoms with Gasteiger partial charge in [-0.25, -0.2) is 0 Å². The summed E-state index contributed by atoms with van der Waals surface area (Å²) in [6.45, 7) is 0. The Morgan fingerprint density at radius 2 is 1.62 bits per heavy atom. The first-order valence-electron chi connectivity index (χ1n) is 6.48. The summed E-state index contributed by atoms with van der Waals surface area (Å²) < 4.78 is 29.9. The molecule has 21 heavy (non-hydrogen) atoms. The van der Waals surface area contributed by atoms with E-state index in [0.29, 0.717) is 0 Å². The van der Waals surface area contributed by atoms with Gasteiger partial charge in [-0.2, -0.15) is 8.42 Å². The highest BCUT2D eigenvalue weighted by Crippen LogP contribution is 2.32. The second kappa shape index (κ2) is 5.52. The molecule has 0 atom stereocenters. The van der Waals surface area contributed by atoms with Crippen molar-refractivity contribution in [1.29, 1.82) is 0 Å². The van der Waals surface area contributed by atoms with Crippen molar-refractivity contribution in [3.63, 3.8) is 0 Å². The minimum atomic E-state index is -4.06. The summed E-state index contributed by atoms with van der Waals surface area (Å²) in [5, 5.41) is 0.0901. The van der Waals surface area contributed by atoms with Crippen LogP contribution in [0.2, 0.25) is 10.0 Å². The van der Waals surface area contributed by atoms with Gasteiger partial charge in [-0.3, -0.25) is 0 Å². The molecule has 6 heteroatoms. The predicted octanol–water partition coefficient (Wildman–Crippen LogP) is 4.25. The Morgan fingerprint density at radius 1 is 0.952 bits per heavy atom. The first-order chi connectivity index (χ1) is 9.97. The first kappa shape index (κ1) is 14.7. The molecule has 0 aromatic heterocycles. The van der Waals surface area contributed by atoms with Crippen molar-refractivity contribution in [2.24, 2.45) is 0 Å². The van der Waals surface area contributed by atoms with E-state index >= 15 is 0 Å². The van der Waals surface area contributed by atoms with Gasteiger partial charge in [-0.1, -0.05) is 35.3 Å². The lowest BCUT2D eigenvalue weighted by molar-refractivity contribution is 0.486. The summed E-state index contributed by atoms with van der Waals surface area (Å²) in [6.07, 6.45) is 3.06. The van der Waals surface area contributed by atoms with Gasteiger partial charge in [0.05, 0.1) is 10.0 Å². The van der Waals surface area contributed by atoms with Crippen molar-refractivity contribution < 1.29 is 12.6 Å². The fraction of sp³-hybridized carbons (Fsp3) is 0.200. The van der Waals surface area contributed by atoms with Crippen molar-refractivity contribution >= 4 is 33.3 Å². The molecular weight excluding hydrogens is 331 g/mol. The van der Waals surface area contributed by atoms with Crippen LogP contribution >= 0.6 is 23.2 Å². The number of hydrogen-bond acceptors (Lipinski definition) is 3. The summed E-state index contributed by atoms with van der Waals surface area (Å²) in [5.41, 5.74) is 2.38. The van der Waals surface area contributed by atoms with Crippen molar-refractivity contribution in [3.05, 3.63) is 57.6 Å². The molecule has 2 aromatic rings. The van der Waals surface area contributed by atoms with Gasteiger partial charge in [0, 0.05) is 0 Å². The Bertz CT molecular complexity index is 780. The molecule has 3 nitrogen and oxygen atoms in total. The van der Waals surface area contributed by atoms with Crippen LogP contribution in [0, 0.1) is 0 Å². The van der Waals surface area contributed by atoms with Gasteiger partial charge in [0.2, 0.25) is 0 Å². The zero-order valence-electron chi connectivity index (χ0n) is 11.0. The van der Waals surface area contributed by atoms with Gasteiger partial charge in [0.1, 0.15) is 10.6 Å². The lowest BCUT2D eigenvalue weighted by Crippen LogP contribution is -2.11. The molecule has 1 aliphatic rings. The zero-order valence-corrected chi connectivity index (χ0v) is 13.3. The third kappa shape index (κ3) is 2.89. The quantitative estimate of drug-likeness (QED) is 0.783. The van der Waals surface area contributed by atoms with E-state index in [2.05, 4.69) is 0 Å². The number of aryl methyl sites for hydroxylation is 2. The molecule has 3 rings (SSSR count). The van der Waals surface area contributed by atoms with Crippen LogP contribution in [0.3, 0.4) is 0 Å². The second-order valence-electron chi connectivity index (χ2n) is 4.87. The van der Waals surface area contributed by atoms with E-state index in [1.807, 2.05) is 6.07 Å². The molecule has 0 saturated carbocycles. The summed E-state index contributed by atoms with van der Waals surface area (Å²) in [5.74, 6) is 0.284. The van der Waals surface area contributed by atoms with Gasteiger partial charge in [-0.15, -0.1) is 0 Å². The van der Waals surface area contributed by atoms with E-state index in [4.69, 9.17) is 27.4 Å². The molecule has 0 radical (unpaired) electrons. The highest BCUT2D eigenvalue weighted by Gasteiger charge is 2.24. The summed E-state index contributed by atoms with van der Waals surface area (Å²) in [6, 6.07) is 9.84. The maximum atomic E-state index is 12.4. The molecule has 0 heterocycles. The van der Waals surface area contributed by atoms with E-state index < -0.39 is 10.1 Å². The van der Waals surface area contributed by atoms with Crippen LogP contribution in [0.25, 0.3) is 0 Å². The van der Waals surface area contributed by atoms with Crippen molar-refractivity contribution in [2.45, 2.75) is 24.2 Å². The van der Waals surface area contributed by atoms with Crippen LogP contribution in [0.5, 0.6) is 5.75 Å². The van der Waals surface area contributed by atoms with E-state index in [9.17, 15) is 8.42 Å². The average Bonchev–Trinajstić information content (AvgIpc) is 2.85. The van der Waals surface area contributed by atoms with Crippen LogP contribution in [0.4, 0.5) is 0 Å². The van der Waals surface area contributed by atoms with Gasteiger partial charge in [0.25, 0.3) is 0 Å². The maximum absolute atomic E-state index is 12.4. The van der Waals surface area contributed by atoms with Crippen LogP contribution in [-0.2, 0) is 23.0 Å². The highest BCUT2D eigenvalue weighted by atomic mass is 35.5. The van der Waals surface area contributed by atoms with Crippen molar-refractivity contribution in [3.8, 4) is 5.75 Å². The third-order valence-electron chi connectivity index (χ3n) is 3.44. The van der Waals surface area contributed by atoms with Crippen LogP contribution in [0.15, 0.2) is 41.3 Å². The number of halogens is 2. The van der Waals surface area contributed by atoms with Gasteiger partial charge in [0.15, 0.2) is 0 Å². The molecule has 0 bridgehead atoms. The molecule has 0 saturated heterocycles. The van der Waals surface area contributed by atoms with E-state index in [0.717, 1.165) is 24.8 Å². The largest absolute Gasteiger partial charge is 0.379 e. The lowest BCUT2D eigenvalue weighted by atomic mass is 10.1. The highest BCUT2D eigenvalue weighted by molar-refractivity contribution is 7.87. The summed E-state index contributed by atoms with van der Waals surface area (Å²) >= 11 is 11.9. The Hall–Kier alpha value is -1.23. The molecule has 2 aromatic carbocycles. The van der Waals surface area contributed by atoms with Gasteiger partial charge < -0.3 is 4.18 Å². The van der Waals surface area contributed by atoms with Crippen LogP contribution in [0.1, 0.15) is 17.5 Å². The second-order valence-corrected chi connectivity index (χ2v) is 7.17. The number of hydrogen-bond donors (Lipinski definition) is 0. The Kier molecular flexibility index (Phi) is 3.86. The molecule has 0 unspecified atom stereocenters. The number of rotatable bonds is 3. The third-order valence-corrected chi connectivity index (χ3v) is 5.65. The van der Waals surface area contributed by atoms with Crippen LogP contribution in [-0.4, -0.2) is 8.42 Å². The molecule has 0 N–H and O–H groups in total. The fourth-order valence-electron chi connectivity index (χ4n) is 2.49. The Morgan fingerprint density at radius 3 is 2.33 bits per heavy atom. The van der Waals surface area contributed by atoms with Crippen molar-refractivity contribution in [2.75, 3.05) is 0 Å². The topological polar surface area (TPSA) is 43.4 Å². The molecule has 1 aliphatic carbocycles. The Balaban J connectivity index is 1.97. The molecule has 0 spiro atoms. The fourth-order valence-corrected chi connectivity index (χ4v) is 4.51. The minimum absolute atomic E-state index is 0.0451. The number of benzene rings is 2. The van der Waals surface area contributed by atoms with E-state index in [-0.39, 0.29) is 20.7 Å². The van der Waals surface area contributed by atoms with E-state index in [1.165, 1.54) is 17.7 Å². The molecule has 0 amide bonds. The standard InChI is InChI=1S/C15H12Cl2O3S/c16-13-5-2-6-14(17)15(13)21(18,19)20-12-8-7-10-3-1-4-11(10)9-12/h2,5-9H,1,3-4H2. The normalized spacial score (nSPS) is 14.0. The van der Waals surface area contributed by atoms with Gasteiger partial charge >= 0.3 is 10.1 Å². The maximum Gasteiger partial charge on any atom is 0.342 e. The van der Waals surface area contributed by atoms with E-state index in [1.54, 1.807) is 18.2 Å². The monoisotopic (exact) mass is 342 g/mol. The molecule has 110 valence electrons. The predicted molar refractivity (Wildman–Crippen MR) is 82.7 cm³/mol. The zero-order chi connectivity index (χ0) is 15.0. The average molecular weight is 343 g/mol. The molecule has 0 aliphatic heterocycles. The SMILES string of the molecule is O=S(=O)(Oc1ccc2c(c1)CCC2)c1c(Cl)cccc1Cl. The summed E-state index contributed by atoms with van der Waals surface area (Å²) in [7, 11) is -4.06. The first-order valence-corrected chi connectivity index (χ1v) is 8.64. The Labute approximate surface area is 133 Å². The summed E-state index contributed by atoms with van der Waals surface area (Å²) in [4.78, 5) is -0.200.